The SMILES string of the molecule is Cc1cc(C(=O)N[C@H]2C[C@H]3CO[C@@H](C)CN3C2)no1. The summed E-state index contributed by atoms with van der Waals surface area (Å²) in [5, 5.41) is 6.76. The van der Waals surface area contributed by atoms with E-state index in [4.69, 9.17) is 9.26 Å². The van der Waals surface area contributed by atoms with Crippen molar-refractivity contribution in [2.45, 2.75) is 38.5 Å². The number of fused-ring (bicyclic) bond motifs is 1. The van der Waals surface area contributed by atoms with Crippen molar-refractivity contribution in [3.63, 3.8) is 0 Å². The smallest absolute Gasteiger partial charge is 0.273 e. The van der Waals surface area contributed by atoms with E-state index in [2.05, 4.69) is 22.3 Å². The Labute approximate surface area is 112 Å². The standard InChI is InChI=1S/C13H19N3O3/c1-8-3-12(15-19-8)13(17)14-10-4-11-7-18-9(2)5-16(11)6-10/h3,9-11H,4-7H2,1-2H3,(H,14,17)/t9-,10-,11-/m0/s1. The molecule has 1 N–H and O–H groups in total. The maximum atomic E-state index is 12.0. The summed E-state index contributed by atoms with van der Waals surface area (Å²) in [4.78, 5) is 14.4. The highest BCUT2D eigenvalue weighted by atomic mass is 16.5. The Kier molecular flexibility index (Phi) is 3.28. The van der Waals surface area contributed by atoms with Crippen LogP contribution >= 0.6 is 0 Å². The average Bonchev–Trinajstić information content (AvgIpc) is 2.94. The van der Waals surface area contributed by atoms with Crippen molar-refractivity contribution in [3.05, 3.63) is 17.5 Å². The van der Waals surface area contributed by atoms with Gasteiger partial charge in [0, 0.05) is 31.2 Å². The third kappa shape index (κ3) is 2.64. The first kappa shape index (κ1) is 12.6. The number of hydrogen-bond donors (Lipinski definition) is 1. The molecule has 104 valence electrons. The van der Waals surface area contributed by atoms with E-state index in [1.165, 1.54) is 0 Å². The van der Waals surface area contributed by atoms with Crippen LogP contribution in [0.1, 0.15) is 29.6 Å². The number of hydrogen-bond acceptors (Lipinski definition) is 5. The van der Waals surface area contributed by atoms with E-state index in [9.17, 15) is 4.79 Å². The van der Waals surface area contributed by atoms with Gasteiger partial charge in [0.1, 0.15) is 5.76 Å². The zero-order chi connectivity index (χ0) is 13.4. The first-order valence-electron chi connectivity index (χ1n) is 6.71. The van der Waals surface area contributed by atoms with Crippen molar-refractivity contribution in [1.29, 1.82) is 0 Å². The molecule has 0 aliphatic carbocycles. The molecule has 0 spiro atoms. The molecule has 1 amide bonds. The van der Waals surface area contributed by atoms with E-state index in [1.54, 1.807) is 13.0 Å². The summed E-state index contributed by atoms with van der Waals surface area (Å²) in [7, 11) is 0. The lowest BCUT2D eigenvalue weighted by Crippen LogP contribution is -2.45. The minimum atomic E-state index is -0.157. The van der Waals surface area contributed by atoms with Gasteiger partial charge in [-0.3, -0.25) is 9.69 Å². The van der Waals surface area contributed by atoms with Crippen molar-refractivity contribution in [2.75, 3.05) is 19.7 Å². The number of aromatic nitrogens is 1. The number of nitrogens with zero attached hydrogens (tertiary/aromatic N) is 2. The molecule has 3 rings (SSSR count). The van der Waals surface area contributed by atoms with E-state index in [0.717, 1.165) is 26.1 Å². The molecule has 0 aromatic carbocycles. The highest BCUT2D eigenvalue weighted by molar-refractivity contribution is 5.92. The van der Waals surface area contributed by atoms with Crippen molar-refractivity contribution in [2.24, 2.45) is 0 Å². The summed E-state index contributed by atoms with van der Waals surface area (Å²) in [5.41, 5.74) is 0.354. The van der Waals surface area contributed by atoms with Gasteiger partial charge in [-0.15, -0.1) is 0 Å². The number of amides is 1. The van der Waals surface area contributed by atoms with Gasteiger partial charge in [0.05, 0.1) is 12.7 Å². The van der Waals surface area contributed by atoms with Gasteiger partial charge in [0.2, 0.25) is 0 Å². The first-order chi connectivity index (χ1) is 9.11. The maximum Gasteiger partial charge on any atom is 0.273 e. The molecule has 2 aliphatic rings. The Morgan fingerprint density at radius 3 is 3.11 bits per heavy atom. The molecule has 1 aromatic heterocycles. The molecule has 19 heavy (non-hydrogen) atoms. The lowest BCUT2D eigenvalue weighted by Gasteiger charge is -2.33. The molecule has 6 nitrogen and oxygen atoms in total. The van der Waals surface area contributed by atoms with Crippen molar-refractivity contribution < 1.29 is 14.1 Å². The quantitative estimate of drug-likeness (QED) is 0.847. The molecular weight excluding hydrogens is 246 g/mol. The van der Waals surface area contributed by atoms with Crippen LogP contribution in [0, 0.1) is 6.92 Å². The molecule has 2 saturated heterocycles. The van der Waals surface area contributed by atoms with Crippen LogP contribution < -0.4 is 5.32 Å². The predicted octanol–water partition coefficient (Wildman–Crippen LogP) is 0.574. The summed E-state index contributed by atoms with van der Waals surface area (Å²) in [5.74, 6) is 0.492. The van der Waals surface area contributed by atoms with E-state index >= 15 is 0 Å². The zero-order valence-electron chi connectivity index (χ0n) is 11.3. The van der Waals surface area contributed by atoms with Crippen LogP contribution in [0.5, 0.6) is 0 Å². The summed E-state index contributed by atoms with van der Waals surface area (Å²) in [6.45, 7) is 6.45. The minimum absolute atomic E-state index is 0.157. The number of carbonyl (C=O) groups excluding carboxylic acids is 1. The minimum Gasteiger partial charge on any atom is -0.376 e. The normalized spacial score (nSPS) is 31.2. The number of nitrogens with one attached hydrogen (secondary N) is 1. The molecule has 3 atom stereocenters. The molecule has 3 heterocycles. The Morgan fingerprint density at radius 2 is 2.37 bits per heavy atom. The van der Waals surface area contributed by atoms with Crippen LogP contribution in [0.3, 0.4) is 0 Å². The highest BCUT2D eigenvalue weighted by Gasteiger charge is 2.36. The monoisotopic (exact) mass is 265 g/mol. The van der Waals surface area contributed by atoms with Crippen molar-refractivity contribution >= 4 is 5.91 Å². The van der Waals surface area contributed by atoms with Gasteiger partial charge in [-0.05, 0) is 20.3 Å². The predicted molar refractivity (Wildman–Crippen MR) is 67.9 cm³/mol. The van der Waals surface area contributed by atoms with Gasteiger partial charge in [-0.2, -0.15) is 0 Å². The van der Waals surface area contributed by atoms with Gasteiger partial charge in [-0.25, -0.2) is 0 Å². The molecule has 6 heteroatoms. The molecule has 0 saturated carbocycles. The number of aryl methyl sites for hydroxylation is 1. The second-order valence-electron chi connectivity index (χ2n) is 5.48. The maximum absolute atomic E-state index is 12.0. The van der Waals surface area contributed by atoms with Crippen LogP contribution in [-0.2, 0) is 4.74 Å². The van der Waals surface area contributed by atoms with E-state index < -0.39 is 0 Å². The molecule has 0 radical (unpaired) electrons. The van der Waals surface area contributed by atoms with E-state index in [0.29, 0.717) is 17.5 Å². The van der Waals surface area contributed by atoms with E-state index in [-0.39, 0.29) is 18.1 Å². The molecule has 0 bridgehead atoms. The van der Waals surface area contributed by atoms with Crippen molar-refractivity contribution in [3.8, 4) is 0 Å². The Bertz CT molecular complexity index is 473. The van der Waals surface area contributed by atoms with Crippen LogP contribution in [0.4, 0.5) is 0 Å². The van der Waals surface area contributed by atoms with Gasteiger partial charge < -0.3 is 14.6 Å². The van der Waals surface area contributed by atoms with Crippen LogP contribution in [0.15, 0.2) is 10.6 Å². The van der Waals surface area contributed by atoms with Gasteiger partial charge >= 0.3 is 0 Å². The lowest BCUT2D eigenvalue weighted by atomic mass is 10.1. The molecular formula is C13H19N3O3. The van der Waals surface area contributed by atoms with Crippen LogP contribution in [0.2, 0.25) is 0 Å². The van der Waals surface area contributed by atoms with E-state index in [1.807, 2.05) is 0 Å². The third-order valence-electron chi connectivity index (χ3n) is 3.79. The second-order valence-corrected chi connectivity index (χ2v) is 5.48. The summed E-state index contributed by atoms with van der Waals surface area (Å²) in [6.07, 6.45) is 1.22. The van der Waals surface area contributed by atoms with Gasteiger partial charge in [0.15, 0.2) is 5.69 Å². The molecule has 2 aliphatic heterocycles. The number of rotatable bonds is 2. The highest BCUT2D eigenvalue weighted by Crippen LogP contribution is 2.23. The van der Waals surface area contributed by atoms with Gasteiger partial charge in [0.25, 0.3) is 5.91 Å². The third-order valence-corrected chi connectivity index (χ3v) is 3.79. The molecule has 0 unspecified atom stereocenters. The average molecular weight is 265 g/mol. The van der Waals surface area contributed by atoms with Crippen molar-refractivity contribution in [1.82, 2.24) is 15.4 Å². The number of ether oxygens (including phenoxy) is 1. The fourth-order valence-electron chi connectivity index (χ4n) is 2.88. The lowest BCUT2D eigenvalue weighted by molar-refractivity contribution is -0.0390. The Morgan fingerprint density at radius 1 is 1.53 bits per heavy atom. The first-order valence-corrected chi connectivity index (χ1v) is 6.71. The fourth-order valence-corrected chi connectivity index (χ4v) is 2.88. The summed E-state index contributed by atoms with van der Waals surface area (Å²) in [6, 6.07) is 2.26. The molecule has 2 fully saturated rings. The van der Waals surface area contributed by atoms with Crippen LogP contribution in [0.25, 0.3) is 0 Å². The zero-order valence-corrected chi connectivity index (χ0v) is 11.3. The van der Waals surface area contributed by atoms with Gasteiger partial charge in [-0.1, -0.05) is 5.16 Å². The largest absolute Gasteiger partial charge is 0.376 e. The molecule has 1 aromatic rings. The number of morpholine rings is 1. The Balaban J connectivity index is 1.58. The Hall–Kier alpha value is -1.40. The van der Waals surface area contributed by atoms with Crippen LogP contribution in [-0.4, -0.2) is 53.8 Å². The summed E-state index contributed by atoms with van der Waals surface area (Å²) < 4.78 is 10.6. The number of carbonyl (C=O) groups is 1. The fraction of sp³-hybridized carbons (Fsp3) is 0.692. The second kappa shape index (κ2) is 4.94. The summed E-state index contributed by atoms with van der Waals surface area (Å²) >= 11 is 0. The topological polar surface area (TPSA) is 67.6 Å².